The van der Waals surface area contributed by atoms with E-state index in [1.165, 1.54) is 18.3 Å². The van der Waals surface area contributed by atoms with Crippen LogP contribution in [0.2, 0.25) is 0 Å². The molecule has 4 aromatic rings. The Balaban J connectivity index is 1.55. The summed E-state index contributed by atoms with van der Waals surface area (Å²) in [6.45, 7) is 1.67. The van der Waals surface area contributed by atoms with Crippen LogP contribution < -0.4 is 5.32 Å². The van der Waals surface area contributed by atoms with Gasteiger partial charge in [0.25, 0.3) is 5.91 Å². The smallest absolute Gasteiger partial charge is 0.253 e. The molecule has 1 amide bonds. The molecule has 0 saturated carbocycles. The zero-order valence-electron chi connectivity index (χ0n) is 17.2. The zero-order chi connectivity index (χ0) is 22.9. The Morgan fingerprint density at radius 1 is 1.03 bits per heavy atom. The van der Waals surface area contributed by atoms with Crippen molar-refractivity contribution >= 4 is 26.6 Å². The van der Waals surface area contributed by atoms with Gasteiger partial charge in [-0.3, -0.25) is 14.8 Å². The minimum Gasteiger partial charge on any atom is -0.346 e. The van der Waals surface area contributed by atoms with Gasteiger partial charge in [0.15, 0.2) is 9.84 Å². The number of nitrogens with zero attached hydrogens (tertiary/aromatic N) is 4. The van der Waals surface area contributed by atoms with Gasteiger partial charge in [-0.15, -0.1) is 0 Å². The number of amides is 1. The van der Waals surface area contributed by atoms with E-state index in [-0.39, 0.29) is 17.0 Å². The standard InChI is InChI=1S/C22H18FN5O3S/c1-13-20(32(2,30)31)8-15(11-24-13)22(29)26-12-16-9-19-14(10-25-16)6-7-18(27-19)17-4-3-5-21(23)28-17/h3-11H,12H2,1-2H3,(H,26,29). The molecule has 0 saturated heterocycles. The fourth-order valence-corrected chi connectivity index (χ4v) is 4.06. The summed E-state index contributed by atoms with van der Waals surface area (Å²) in [6, 6.07) is 11.1. The number of halogens is 1. The largest absolute Gasteiger partial charge is 0.346 e. The van der Waals surface area contributed by atoms with Gasteiger partial charge in [0.05, 0.1) is 45.3 Å². The van der Waals surface area contributed by atoms with Crippen LogP contribution in [0.15, 0.2) is 59.8 Å². The number of carbonyl (C=O) groups excluding carboxylic acids is 1. The SMILES string of the molecule is Cc1ncc(C(=O)NCc2cc3nc(-c4cccc(F)n4)ccc3cn2)cc1S(C)(=O)=O. The lowest BCUT2D eigenvalue weighted by molar-refractivity contribution is 0.0950. The van der Waals surface area contributed by atoms with Gasteiger partial charge in [-0.1, -0.05) is 6.07 Å². The number of rotatable bonds is 5. The Morgan fingerprint density at radius 3 is 2.56 bits per heavy atom. The predicted octanol–water partition coefficient (Wildman–Crippen LogP) is 2.87. The van der Waals surface area contributed by atoms with Gasteiger partial charge in [0.1, 0.15) is 0 Å². The molecular formula is C22H18FN5O3S. The summed E-state index contributed by atoms with van der Waals surface area (Å²) in [4.78, 5) is 29.2. The number of aryl methyl sites for hydroxylation is 1. The van der Waals surface area contributed by atoms with Crippen LogP contribution in [0.25, 0.3) is 22.3 Å². The second kappa shape index (κ2) is 8.39. The second-order valence-electron chi connectivity index (χ2n) is 7.17. The minimum atomic E-state index is -3.50. The Bertz CT molecular complexity index is 1460. The van der Waals surface area contributed by atoms with Crippen LogP contribution in [0.3, 0.4) is 0 Å². The first kappa shape index (κ1) is 21.4. The van der Waals surface area contributed by atoms with Gasteiger partial charge in [-0.25, -0.2) is 18.4 Å². The molecule has 4 rings (SSSR count). The maximum Gasteiger partial charge on any atom is 0.253 e. The Labute approximate surface area is 183 Å². The fraction of sp³-hybridized carbons (Fsp3) is 0.136. The highest BCUT2D eigenvalue weighted by atomic mass is 32.2. The van der Waals surface area contributed by atoms with E-state index in [0.717, 1.165) is 11.6 Å². The average molecular weight is 451 g/mol. The molecule has 0 radical (unpaired) electrons. The molecule has 0 atom stereocenters. The van der Waals surface area contributed by atoms with Crippen LogP contribution in [0.5, 0.6) is 0 Å². The van der Waals surface area contributed by atoms with Crippen molar-refractivity contribution in [1.29, 1.82) is 0 Å². The third-order valence-corrected chi connectivity index (χ3v) is 5.95. The summed E-state index contributed by atoms with van der Waals surface area (Å²) in [5.74, 6) is -1.07. The number of hydrogen-bond acceptors (Lipinski definition) is 7. The molecule has 10 heteroatoms. The first-order valence-electron chi connectivity index (χ1n) is 9.54. The van der Waals surface area contributed by atoms with E-state index in [9.17, 15) is 17.6 Å². The van der Waals surface area contributed by atoms with Gasteiger partial charge in [0.2, 0.25) is 5.95 Å². The van der Waals surface area contributed by atoms with Gasteiger partial charge in [-0.2, -0.15) is 4.39 Å². The normalized spacial score (nSPS) is 11.5. The summed E-state index contributed by atoms with van der Waals surface area (Å²) in [5, 5.41) is 3.48. The number of hydrogen-bond donors (Lipinski definition) is 1. The van der Waals surface area contributed by atoms with Crippen LogP contribution in [0, 0.1) is 12.9 Å². The molecule has 0 fully saturated rings. The van der Waals surface area contributed by atoms with Gasteiger partial charge in [-0.05, 0) is 43.3 Å². The van der Waals surface area contributed by atoms with Crippen LogP contribution in [0.4, 0.5) is 4.39 Å². The van der Waals surface area contributed by atoms with E-state index in [1.54, 1.807) is 37.4 Å². The summed E-state index contributed by atoms with van der Waals surface area (Å²) in [5.41, 5.74) is 2.55. The third kappa shape index (κ3) is 4.59. The lowest BCUT2D eigenvalue weighted by atomic mass is 10.2. The molecule has 4 heterocycles. The number of aromatic nitrogens is 4. The van der Waals surface area contributed by atoms with E-state index in [0.29, 0.717) is 28.3 Å². The van der Waals surface area contributed by atoms with Crippen LogP contribution in [-0.4, -0.2) is 40.5 Å². The number of fused-ring (bicyclic) bond motifs is 1. The van der Waals surface area contributed by atoms with Gasteiger partial charge in [0, 0.05) is 24.0 Å². The van der Waals surface area contributed by atoms with Crippen LogP contribution >= 0.6 is 0 Å². The minimum absolute atomic E-state index is 0.0108. The topological polar surface area (TPSA) is 115 Å². The van der Waals surface area contributed by atoms with E-state index in [1.807, 2.05) is 6.07 Å². The number of nitrogens with one attached hydrogen (secondary N) is 1. The molecule has 0 aromatic carbocycles. The lowest BCUT2D eigenvalue weighted by Crippen LogP contribution is -2.24. The van der Waals surface area contributed by atoms with Gasteiger partial charge >= 0.3 is 0 Å². The second-order valence-corrected chi connectivity index (χ2v) is 9.16. The molecule has 8 nitrogen and oxygen atoms in total. The molecule has 0 unspecified atom stereocenters. The molecule has 0 aliphatic heterocycles. The van der Waals surface area contributed by atoms with Crippen LogP contribution in [0.1, 0.15) is 21.7 Å². The molecular weight excluding hydrogens is 433 g/mol. The van der Waals surface area contributed by atoms with Crippen molar-refractivity contribution in [2.45, 2.75) is 18.4 Å². The van der Waals surface area contributed by atoms with Gasteiger partial charge < -0.3 is 5.32 Å². The first-order valence-corrected chi connectivity index (χ1v) is 11.4. The molecule has 32 heavy (non-hydrogen) atoms. The van der Waals surface area contributed by atoms with Crippen molar-refractivity contribution < 1.29 is 17.6 Å². The van der Waals surface area contributed by atoms with Crippen molar-refractivity contribution in [2.75, 3.05) is 6.26 Å². The Hall–Kier alpha value is -3.79. The highest BCUT2D eigenvalue weighted by Crippen LogP contribution is 2.20. The predicted molar refractivity (Wildman–Crippen MR) is 116 cm³/mol. The maximum atomic E-state index is 13.4. The molecule has 0 aliphatic rings. The van der Waals surface area contributed by atoms with Crippen molar-refractivity contribution in [1.82, 2.24) is 25.3 Å². The highest BCUT2D eigenvalue weighted by molar-refractivity contribution is 7.90. The molecule has 4 aromatic heterocycles. The molecule has 0 aliphatic carbocycles. The van der Waals surface area contributed by atoms with Crippen molar-refractivity contribution in [2.24, 2.45) is 0 Å². The number of carbonyl (C=O) groups is 1. The van der Waals surface area contributed by atoms with Crippen molar-refractivity contribution in [3.05, 3.63) is 77.8 Å². The average Bonchev–Trinajstić information content (AvgIpc) is 2.76. The van der Waals surface area contributed by atoms with E-state index < -0.39 is 21.7 Å². The van der Waals surface area contributed by atoms with Crippen molar-refractivity contribution in [3.63, 3.8) is 0 Å². The van der Waals surface area contributed by atoms with Crippen LogP contribution in [-0.2, 0) is 16.4 Å². The Morgan fingerprint density at radius 2 is 1.81 bits per heavy atom. The van der Waals surface area contributed by atoms with Crippen molar-refractivity contribution in [3.8, 4) is 11.4 Å². The first-order chi connectivity index (χ1) is 15.2. The van der Waals surface area contributed by atoms with E-state index in [4.69, 9.17) is 0 Å². The summed E-state index contributed by atoms with van der Waals surface area (Å²) >= 11 is 0. The highest BCUT2D eigenvalue weighted by Gasteiger charge is 2.16. The monoisotopic (exact) mass is 451 g/mol. The quantitative estimate of drug-likeness (QED) is 0.464. The van der Waals surface area contributed by atoms with E-state index >= 15 is 0 Å². The molecule has 1 N–H and O–H groups in total. The lowest BCUT2D eigenvalue weighted by Gasteiger charge is -2.08. The maximum absolute atomic E-state index is 13.4. The zero-order valence-corrected chi connectivity index (χ0v) is 18.0. The third-order valence-electron chi connectivity index (χ3n) is 4.74. The molecule has 162 valence electrons. The number of sulfone groups is 1. The Kier molecular flexibility index (Phi) is 5.62. The van der Waals surface area contributed by atoms with E-state index in [2.05, 4.69) is 25.3 Å². The molecule has 0 bridgehead atoms. The number of pyridine rings is 4. The summed E-state index contributed by atoms with van der Waals surface area (Å²) in [7, 11) is -3.50. The summed E-state index contributed by atoms with van der Waals surface area (Å²) < 4.78 is 37.2. The summed E-state index contributed by atoms with van der Waals surface area (Å²) in [6.07, 6.45) is 4.02. The fourth-order valence-electron chi connectivity index (χ4n) is 3.13. The molecule has 0 spiro atoms.